The molecule has 0 saturated carbocycles. The minimum absolute atomic E-state index is 0.00931. The first kappa shape index (κ1) is 21.1. The van der Waals surface area contributed by atoms with Crippen LogP contribution in [0.2, 0.25) is 5.02 Å². The predicted molar refractivity (Wildman–Crippen MR) is 108 cm³/mol. The monoisotopic (exact) mass is 442 g/mol. The number of amides is 1. The summed E-state index contributed by atoms with van der Waals surface area (Å²) in [5.74, 6) is -0.447. The van der Waals surface area contributed by atoms with Crippen LogP contribution in [0.5, 0.6) is 0 Å². The quantitative estimate of drug-likeness (QED) is 0.719. The molecule has 1 atom stereocenters. The van der Waals surface area contributed by atoms with Gasteiger partial charge in [0.25, 0.3) is 5.91 Å². The molecular weight excluding hydrogens is 416 g/mol. The zero-order chi connectivity index (χ0) is 20.6. The first-order chi connectivity index (χ1) is 13.8. The highest BCUT2D eigenvalue weighted by molar-refractivity contribution is 7.89. The SMILES string of the molecule is CC1CCCN(S(=O)(=O)c2cc(C(=O)N3CCC4(CC3)OCCO4)ccc2Cl)C1. The number of carbonyl (C=O) groups excluding carboxylic acids is 1. The number of ether oxygens (including phenoxy) is 2. The topological polar surface area (TPSA) is 76.2 Å². The summed E-state index contributed by atoms with van der Waals surface area (Å²) in [7, 11) is -3.74. The van der Waals surface area contributed by atoms with E-state index in [4.69, 9.17) is 21.1 Å². The van der Waals surface area contributed by atoms with E-state index in [1.165, 1.54) is 16.4 Å². The Morgan fingerprint density at radius 3 is 2.52 bits per heavy atom. The summed E-state index contributed by atoms with van der Waals surface area (Å²) in [5, 5.41) is 0.144. The molecule has 0 aliphatic carbocycles. The Bertz CT molecular complexity index is 875. The van der Waals surface area contributed by atoms with Crippen LogP contribution < -0.4 is 0 Å². The molecule has 3 aliphatic rings. The van der Waals surface area contributed by atoms with Gasteiger partial charge < -0.3 is 14.4 Å². The Hall–Kier alpha value is -1.19. The van der Waals surface area contributed by atoms with E-state index in [1.54, 1.807) is 11.0 Å². The fourth-order valence-electron chi connectivity index (χ4n) is 4.36. The molecule has 0 aromatic heterocycles. The van der Waals surface area contributed by atoms with Gasteiger partial charge >= 0.3 is 0 Å². The summed E-state index contributed by atoms with van der Waals surface area (Å²) in [6.45, 7) is 5.19. The maximum Gasteiger partial charge on any atom is 0.253 e. The molecule has 0 N–H and O–H groups in total. The molecule has 1 spiro atoms. The van der Waals surface area contributed by atoms with E-state index in [9.17, 15) is 13.2 Å². The van der Waals surface area contributed by atoms with Crippen molar-refractivity contribution in [2.24, 2.45) is 5.92 Å². The van der Waals surface area contributed by atoms with Crippen LogP contribution in [0.1, 0.15) is 43.0 Å². The lowest BCUT2D eigenvalue weighted by atomic mass is 10.0. The van der Waals surface area contributed by atoms with Gasteiger partial charge in [-0.2, -0.15) is 4.31 Å². The number of carbonyl (C=O) groups is 1. The van der Waals surface area contributed by atoms with Crippen molar-refractivity contribution in [3.05, 3.63) is 28.8 Å². The smallest absolute Gasteiger partial charge is 0.253 e. The molecule has 1 aromatic rings. The highest BCUT2D eigenvalue weighted by atomic mass is 35.5. The van der Waals surface area contributed by atoms with Gasteiger partial charge in [-0.1, -0.05) is 18.5 Å². The molecule has 0 radical (unpaired) electrons. The Morgan fingerprint density at radius 2 is 1.86 bits per heavy atom. The summed E-state index contributed by atoms with van der Waals surface area (Å²) in [6.07, 6.45) is 3.07. The molecule has 3 fully saturated rings. The zero-order valence-corrected chi connectivity index (χ0v) is 18.2. The van der Waals surface area contributed by atoms with Crippen molar-refractivity contribution in [2.75, 3.05) is 39.4 Å². The number of piperidine rings is 2. The number of halogens is 1. The van der Waals surface area contributed by atoms with Gasteiger partial charge in [0.15, 0.2) is 5.79 Å². The van der Waals surface area contributed by atoms with Gasteiger partial charge in [-0.3, -0.25) is 4.79 Å². The number of benzene rings is 1. The molecule has 3 saturated heterocycles. The van der Waals surface area contributed by atoms with Crippen LogP contribution in [0.3, 0.4) is 0 Å². The van der Waals surface area contributed by atoms with E-state index in [2.05, 4.69) is 0 Å². The van der Waals surface area contributed by atoms with Crippen molar-refractivity contribution in [1.82, 2.24) is 9.21 Å². The van der Waals surface area contributed by atoms with Gasteiger partial charge in [-0.15, -0.1) is 0 Å². The molecule has 0 bridgehead atoms. The lowest BCUT2D eigenvalue weighted by Crippen LogP contribution is -2.47. The van der Waals surface area contributed by atoms with E-state index < -0.39 is 15.8 Å². The van der Waals surface area contributed by atoms with Gasteiger partial charge in [0, 0.05) is 44.6 Å². The number of sulfonamides is 1. The second-order valence-electron chi connectivity index (χ2n) is 8.16. The maximum absolute atomic E-state index is 13.2. The van der Waals surface area contributed by atoms with Crippen molar-refractivity contribution in [2.45, 2.75) is 43.3 Å². The van der Waals surface area contributed by atoms with Crippen molar-refractivity contribution in [3.8, 4) is 0 Å². The van der Waals surface area contributed by atoms with E-state index in [-0.39, 0.29) is 15.8 Å². The summed E-state index contributed by atoms with van der Waals surface area (Å²) in [4.78, 5) is 14.7. The Kier molecular flexibility index (Phi) is 5.92. The third-order valence-electron chi connectivity index (χ3n) is 6.04. The summed E-state index contributed by atoms with van der Waals surface area (Å²) < 4.78 is 39.2. The van der Waals surface area contributed by atoms with Gasteiger partial charge in [-0.05, 0) is 37.0 Å². The minimum Gasteiger partial charge on any atom is -0.347 e. The van der Waals surface area contributed by atoms with Crippen molar-refractivity contribution in [1.29, 1.82) is 0 Å². The first-order valence-corrected chi connectivity index (χ1v) is 12.0. The molecule has 4 rings (SSSR count). The summed E-state index contributed by atoms with van der Waals surface area (Å²) in [5.41, 5.74) is 0.335. The molecule has 3 heterocycles. The molecular formula is C20H27ClN2O5S. The fourth-order valence-corrected chi connectivity index (χ4v) is 6.46. The Morgan fingerprint density at radius 1 is 1.17 bits per heavy atom. The van der Waals surface area contributed by atoms with Gasteiger partial charge in [-0.25, -0.2) is 8.42 Å². The lowest BCUT2D eigenvalue weighted by Gasteiger charge is -2.37. The van der Waals surface area contributed by atoms with E-state index >= 15 is 0 Å². The Labute approximate surface area is 176 Å². The molecule has 1 unspecified atom stereocenters. The summed E-state index contributed by atoms with van der Waals surface area (Å²) in [6, 6.07) is 4.52. The average Bonchev–Trinajstić information content (AvgIpc) is 3.16. The molecule has 160 valence electrons. The van der Waals surface area contributed by atoms with Crippen LogP contribution in [0.15, 0.2) is 23.1 Å². The lowest BCUT2D eigenvalue weighted by molar-refractivity contribution is -0.181. The molecule has 1 amide bonds. The highest BCUT2D eigenvalue weighted by Crippen LogP contribution is 2.33. The van der Waals surface area contributed by atoms with Gasteiger partial charge in [0.05, 0.1) is 18.2 Å². The minimum atomic E-state index is -3.74. The standard InChI is InChI=1S/C20H27ClN2O5S/c1-15-3-2-8-23(14-15)29(25,26)18-13-16(4-5-17(18)21)19(24)22-9-6-20(7-10-22)27-11-12-28-20/h4-5,13,15H,2-3,6-12,14H2,1H3. The normalized spacial score (nSPS) is 25.4. The van der Waals surface area contributed by atoms with Crippen LogP contribution >= 0.6 is 11.6 Å². The van der Waals surface area contributed by atoms with Crippen molar-refractivity contribution in [3.63, 3.8) is 0 Å². The number of hydrogen-bond donors (Lipinski definition) is 0. The summed E-state index contributed by atoms with van der Waals surface area (Å²) >= 11 is 6.24. The van der Waals surface area contributed by atoms with E-state index in [1.807, 2.05) is 6.92 Å². The number of rotatable bonds is 3. The molecule has 29 heavy (non-hydrogen) atoms. The molecule has 7 nitrogen and oxygen atoms in total. The third-order valence-corrected chi connectivity index (χ3v) is 8.39. The van der Waals surface area contributed by atoms with Crippen LogP contribution in [-0.2, 0) is 19.5 Å². The maximum atomic E-state index is 13.2. The van der Waals surface area contributed by atoms with Gasteiger partial charge in [0.2, 0.25) is 10.0 Å². The van der Waals surface area contributed by atoms with Crippen molar-refractivity contribution < 1.29 is 22.7 Å². The predicted octanol–water partition coefficient (Wildman–Crippen LogP) is 2.74. The average molecular weight is 443 g/mol. The zero-order valence-electron chi connectivity index (χ0n) is 16.6. The van der Waals surface area contributed by atoms with E-state index in [0.717, 1.165) is 12.8 Å². The highest BCUT2D eigenvalue weighted by Gasteiger charge is 2.41. The van der Waals surface area contributed by atoms with Crippen LogP contribution in [0.25, 0.3) is 0 Å². The second kappa shape index (κ2) is 8.15. The molecule has 9 heteroatoms. The first-order valence-electron chi connectivity index (χ1n) is 10.2. The van der Waals surface area contributed by atoms with Crippen LogP contribution in [-0.4, -0.2) is 68.7 Å². The number of likely N-dealkylation sites (tertiary alicyclic amines) is 1. The van der Waals surface area contributed by atoms with Crippen LogP contribution in [0, 0.1) is 5.92 Å². The molecule has 3 aliphatic heterocycles. The third kappa shape index (κ3) is 4.18. The second-order valence-corrected chi connectivity index (χ2v) is 10.5. The van der Waals surface area contributed by atoms with Crippen LogP contribution in [0.4, 0.5) is 0 Å². The largest absolute Gasteiger partial charge is 0.347 e. The molecule has 1 aromatic carbocycles. The van der Waals surface area contributed by atoms with Crippen molar-refractivity contribution >= 4 is 27.5 Å². The number of hydrogen-bond acceptors (Lipinski definition) is 5. The van der Waals surface area contributed by atoms with E-state index in [0.29, 0.717) is 63.7 Å². The Balaban J connectivity index is 1.53. The number of nitrogens with zero attached hydrogens (tertiary/aromatic N) is 2. The fraction of sp³-hybridized carbons (Fsp3) is 0.650. The van der Waals surface area contributed by atoms with Gasteiger partial charge in [0.1, 0.15) is 4.90 Å².